The van der Waals surface area contributed by atoms with Crippen LogP contribution < -0.4 is 11.1 Å². The molecule has 0 fully saturated rings. The van der Waals surface area contributed by atoms with E-state index in [1.165, 1.54) is 0 Å². The Morgan fingerprint density at radius 1 is 1.61 bits per heavy atom. The maximum absolute atomic E-state index is 12.0. The Balaban J connectivity index is 2.23. The summed E-state index contributed by atoms with van der Waals surface area (Å²) < 4.78 is 1.66. The monoisotopic (exact) mass is 248 g/mol. The number of nitrogens with one attached hydrogen (secondary N) is 2. The average Bonchev–Trinajstić information content (AvgIpc) is 2.84. The van der Waals surface area contributed by atoms with Crippen molar-refractivity contribution >= 4 is 17.3 Å². The van der Waals surface area contributed by atoms with Crippen LogP contribution in [0.4, 0.5) is 11.4 Å². The second-order valence-corrected chi connectivity index (χ2v) is 4.08. The highest BCUT2D eigenvalue weighted by molar-refractivity contribution is 6.06. The molecule has 0 saturated carbocycles. The summed E-state index contributed by atoms with van der Waals surface area (Å²) in [5.74, 6) is -0.334. The molecule has 0 aliphatic rings. The van der Waals surface area contributed by atoms with Crippen LogP contribution >= 0.6 is 0 Å². The fourth-order valence-corrected chi connectivity index (χ4v) is 1.69. The smallest absolute Gasteiger partial charge is 0.278 e. The number of aromatic nitrogens is 4. The molecule has 4 N–H and O–H groups in total. The summed E-state index contributed by atoms with van der Waals surface area (Å²) in [4.78, 5) is 12.0. The molecule has 2 aromatic rings. The van der Waals surface area contributed by atoms with Crippen molar-refractivity contribution in [2.75, 3.05) is 11.1 Å². The van der Waals surface area contributed by atoms with Gasteiger partial charge >= 0.3 is 0 Å². The van der Waals surface area contributed by atoms with Crippen LogP contribution in [0, 0.1) is 6.92 Å². The lowest BCUT2D eigenvalue weighted by molar-refractivity contribution is 0.102. The van der Waals surface area contributed by atoms with Crippen molar-refractivity contribution in [1.82, 2.24) is 20.0 Å². The first-order valence-corrected chi connectivity index (χ1v) is 5.67. The quantitative estimate of drug-likeness (QED) is 0.749. The average molecular weight is 248 g/mol. The lowest BCUT2D eigenvalue weighted by atomic mass is 10.2. The first-order chi connectivity index (χ1) is 8.52. The van der Waals surface area contributed by atoms with Crippen LogP contribution in [-0.2, 0) is 13.5 Å². The van der Waals surface area contributed by atoms with E-state index in [-0.39, 0.29) is 11.6 Å². The van der Waals surface area contributed by atoms with Gasteiger partial charge in [-0.1, -0.05) is 6.92 Å². The number of carbonyl (C=O) groups is 1. The van der Waals surface area contributed by atoms with E-state index in [4.69, 9.17) is 5.73 Å². The summed E-state index contributed by atoms with van der Waals surface area (Å²) in [5, 5.41) is 13.6. The zero-order valence-electron chi connectivity index (χ0n) is 10.6. The number of aryl methyl sites for hydroxylation is 3. The van der Waals surface area contributed by atoms with Gasteiger partial charge in [-0.15, -0.1) is 0 Å². The zero-order chi connectivity index (χ0) is 13.3. The van der Waals surface area contributed by atoms with E-state index in [9.17, 15) is 4.79 Å². The molecule has 0 radical (unpaired) electrons. The Morgan fingerprint density at radius 3 is 2.89 bits per heavy atom. The van der Waals surface area contributed by atoms with Crippen molar-refractivity contribution < 1.29 is 4.79 Å². The fourth-order valence-electron chi connectivity index (χ4n) is 1.69. The maximum Gasteiger partial charge on any atom is 0.278 e. The maximum atomic E-state index is 12.0. The van der Waals surface area contributed by atoms with Gasteiger partial charge in [-0.3, -0.25) is 14.6 Å². The van der Waals surface area contributed by atoms with E-state index in [2.05, 4.69) is 20.6 Å². The molecule has 1 amide bonds. The predicted molar refractivity (Wildman–Crippen MR) is 68.3 cm³/mol. The van der Waals surface area contributed by atoms with E-state index in [0.29, 0.717) is 17.1 Å². The van der Waals surface area contributed by atoms with Gasteiger partial charge in [0.2, 0.25) is 0 Å². The number of amides is 1. The molecule has 0 unspecified atom stereocenters. The Kier molecular flexibility index (Phi) is 3.05. The highest BCUT2D eigenvalue weighted by Crippen LogP contribution is 2.17. The number of aromatic amines is 1. The molecule has 18 heavy (non-hydrogen) atoms. The third-order valence-corrected chi connectivity index (χ3v) is 2.70. The second-order valence-electron chi connectivity index (χ2n) is 4.08. The predicted octanol–water partition coefficient (Wildman–Crippen LogP) is 0.849. The molecular weight excluding hydrogens is 232 g/mol. The Labute approximate surface area is 104 Å². The van der Waals surface area contributed by atoms with Gasteiger partial charge in [0, 0.05) is 13.2 Å². The molecule has 0 saturated heterocycles. The molecular formula is C11H16N6O. The molecule has 96 valence electrons. The van der Waals surface area contributed by atoms with Gasteiger partial charge in [-0.05, 0) is 13.3 Å². The van der Waals surface area contributed by atoms with E-state index >= 15 is 0 Å². The Morgan fingerprint density at radius 2 is 2.33 bits per heavy atom. The van der Waals surface area contributed by atoms with Crippen LogP contribution in [0.15, 0.2) is 6.20 Å². The third kappa shape index (κ3) is 2.06. The summed E-state index contributed by atoms with van der Waals surface area (Å²) >= 11 is 0. The fraction of sp³-hybridized carbons (Fsp3) is 0.364. The van der Waals surface area contributed by atoms with Crippen molar-refractivity contribution in [2.45, 2.75) is 20.3 Å². The van der Waals surface area contributed by atoms with Crippen LogP contribution in [-0.4, -0.2) is 25.9 Å². The lowest BCUT2D eigenvalue weighted by Crippen LogP contribution is -2.14. The van der Waals surface area contributed by atoms with E-state index in [0.717, 1.165) is 12.1 Å². The van der Waals surface area contributed by atoms with Crippen molar-refractivity contribution in [1.29, 1.82) is 0 Å². The number of nitrogen functional groups attached to an aromatic ring is 1. The molecule has 7 nitrogen and oxygen atoms in total. The van der Waals surface area contributed by atoms with Gasteiger partial charge in [-0.25, -0.2) is 0 Å². The first kappa shape index (κ1) is 12.2. The number of nitrogens with two attached hydrogens (primary N) is 1. The van der Waals surface area contributed by atoms with Gasteiger partial charge in [0.15, 0.2) is 5.69 Å². The molecule has 2 heterocycles. The summed E-state index contributed by atoms with van der Waals surface area (Å²) in [6.45, 7) is 3.74. The summed E-state index contributed by atoms with van der Waals surface area (Å²) in [5.41, 5.74) is 8.53. The molecule has 0 atom stereocenters. The highest BCUT2D eigenvalue weighted by Gasteiger charge is 2.17. The van der Waals surface area contributed by atoms with Crippen LogP contribution in [0.1, 0.15) is 28.8 Å². The second kappa shape index (κ2) is 4.52. The standard InChI is InChI=1S/C11H16N6O/c1-4-7-8(5-17(3)16-7)13-11(18)10-9(12)6(2)14-15-10/h5H,4,12H2,1-3H3,(H,13,18)(H,14,15). The number of rotatable bonds is 3. The SMILES string of the molecule is CCc1nn(C)cc1NC(=O)c1n[nH]c(C)c1N. The number of nitrogens with zero attached hydrogens (tertiary/aromatic N) is 3. The van der Waals surface area contributed by atoms with E-state index in [1.807, 2.05) is 14.0 Å². The van der Waals surface area contributed by atoms with Crippen molar-refractivity contribution in [2.24, 2.45) is 7.05 Å². The minimum Gasteiger partial charge on any atom is -0.395 e. The first-order valence-electron chi connectivity index (χ1n) is 5.67. The van der Waals surface area contributed by atoms with E-state index in [1.54, 1.807) is 17.8 Å². The normalized spacial score (nSPS) is 10.6. The number of H-pyrrole nitrogens is 1. The van der Waals surface area contributed by atoms with Crippen LogP contribution in [0.25, 0.3) is 0 Å². The van der Waals surface area contributed by atoms with Gasteiger partial charge in [0.25, 0.3) is 5.91 Å². The number of carbonyl (C=O) groups excluding carboxylic acids is 1. The van der Waals surface area contributed by atoms with Crippen LogP contribution in [0.3, 0.4) is 0 Å². The highest BCUT2D eigenvalue weighted by atomic mass is 16.2. The van der Waals surface area contributed by atoms with E-state index < -0.39 is 0 Å². The molecule has 0 spiro atoms. The third-order valence-electron chi connectivity index (χ3n) is 2.70. The molecule has 0 bridgehead atoms. The van der Waals surface area contributed by atoms with Crippen molar-refractivity contribution in [3.8, 4) is 0 Å². The van der Waals surface area contributed by atoms with Gasteiger partial charge in [-0.2, -0.15) is 10.2 Å². The van der Waals surface area contributed by atoms with Gasteiger partial charge in [0.05, 0.1) is 22.8 Å². The Bertz CT molecular complexity index is 582. The topological polar surface area (TPSA) is 102 Å². The lowest BCUT2D eigenvalue weighted by Gasteiger charge is -2.02. The largest absolute Gasteiger partial charge is 0.395 e. The number of hydrogen-bond donors (Lipinski definition) is 3. The molecule has 0 aliphatic heterocycles. The van der Waals surface area contributed by atoms with Crippen molar-refractivity contribution in [3.63, 3.8) is 0 Å². The minimum atomic E-state index is -0.334. The summed E-state index contributed by atoms with van der Waals surface area (Å²) in [6, 6.07) is 0. The molecule has 7 heteroatoms. The molecule has 0 aliphatic carbocycles. The van der Waals surface area contributed by atoms with Crippen molar-refractivity contribution in [3.05, 3.63) is 23.3 Å². The number of anilines is 2. The minimum absolute atomic E-state index is 0.207. The summed E-state index contributed by atoms with van der Waals surface area (Å²) in [7, 11) is 1.81. The van der Waals surface area contributed by atoms with Gasteiger partial charge in [0.1, 0.15) is 0 Å². The van der Waals surface area contributed by atoms with Crippen LogP contribution in [0.5, 0.6) is 0 Å². The van der Waals surface area contributed by atoms with Gasteiger partial charge < -0.3 is 11.1 Å². The molecule has 0 aromatic carbocycles. The Hall–Kier alpha value is -2.31. The van der Waals surface area contributed by atoms with Crippen LogP contribution in [0.2, 0.25) is 0 Å². The number of hydrogen-bond acceptors (Lipinski definition) is 4. The summed E-state index contributed by atoms with van der Waals surface area (Å²) in [6.07, 6.45) is 2.50. The molecule has 2 aromatic heterocycles. The molecule has 2 rings (SSSR count). The zero-order valence-corrected chi connectivity index (χ0v) is 10.6.